The summed E-state index contributed by atoms with van der Waals surface area (Å²) < 4.78 is 60.7. The van der Waals surface area contributed by atoms with Crippen LogP contribution >= 0.6 is 0 Å². The quantitative estimate of drug-likeness (QED) is 0.594. The maximum absolute atomic E-state index is 14.1. The molecule has 0 bridgehead atoms. The molecule has 0 radical (unpaired) electrons. The molecule has 2 aromatic heterocycles. The van der Waals surface area contributed by atoms with E-state index < -0.39 is 36.3 Å². The van der Waals surface area contributed by atoms with Crippen molar-refractivity contribution in [2.24, 2.45) is 0 Å². The Morgan fingerprint density at radius 2 is 2.16 bits per heavy atom. The minimum absolute atomic E-state index is 0.0825. The van der Waals surface area contributed by atoms with Gasteiger partial charge in [0.1, 0.15) is 5.82 Å². The van der Waals surface area contributed by atoms with Crippen LogP contribution in [0.25, 0.3) is 11.4 Å². The average molecular weight is 438 g/mol. The zero-order valence-electron chi connectivity index (χ0n) is 16.2. The molecule has 1 amide bonds. The first-order valence-corrected chi connectivity index (χ1v) is 9.58. The average Bonchev–Trinajstić information content (AvgIpc) is 3.47. The van der Waals surface area contributed by atoms with Crippen molar-refractivity contribution in [3.8, 4) is 11.4 Å². The number of H-pyrrole nitrogens is 1. The largest absolute Gasteiger partial charge is 0.405 e. The predicted octanol–water partition coefficient (Wildman–Crippen LogP) is 3.05. The third-order valence-corrected chi connectivity index (χ3v) is 5.37. The molecule has 8 nitrogen and oxygen atoms in total. The lowest BCUT2D eigenvalue weighted by molar-refractivity contribution is -0.193. The maximum Gasteiger partial charge on any atom is 0.405 e. The van der Waals surface area contributed by atoms with Gasteiger partial charge in [-0.1, -0.05) is 17.3 Å². The number of likely N-dealkylation sites (tertiary alicyclic amines) is 1. The molecule has 1 aromatic carbocycles. The van der Waals surface area contributed by atoms with Crippen LogP contribution in [0, 0.1) is 5.82 Å². The second-order valence-electron chi connectivity index (χ2n) is 7.39. The van der Waals surface area contributed by atoms with Gasteiger partial charge in [0.25, 0.3) is 0 Å². The molecule has 0 spiro atoms. The number of nitrogens with zero attached hydrogens (tertiary/aromatic N) is 5. The summed E-state index contributed by atoms with van der Waals surface area (Å²) in [6, 6.07) is 5.17. The lowest BCUT2D eigenvalue weighted by Gasteiger charge is -2.28. The number of aromatic nitrogens is 5. The van der Waals surface area contributed by atoms with Crippen molar-refractivity contribution in [1.29, 1.82) is 0 Å². The molecule has 4 rings (SSSR count). The summed E-state index contributed by atoms with van der Waals surface area (Å²) >= 11 is 0. The van der Waals surface area contributed by atoms with E-state index in [1.165, 1.54) is 29.3 Å². The molecular weight excluding hydrogens is 420 g/mol. The van der Waals surface area contributed by atoms with Crippen LogP contribution in [0.2, 0.25) is 0 Å². The first-order chi connectivity index (χ1) is 14.8. The molecule has 1 N–H and O–H groups in total. The van der Waals surface area contributed by atoms with Gasteiger partial charge in [-0.15, -0.1) is 0 Å². The summed E-state index contributed by atoms with van der Waals surface area (Å²) in [6.07, 6.45) is -2.57. The van der Waals surface area contributed by atoms with Crippen LogP contribution in [0.4, 0.5) is 17.6 Å². The summed E-state index contributed by atoms with van der Waals surface area (Å²) in [7, 11) is 0. The second-order valence-corrected chi connectivity index (χ2v) is 7.39. The molecule has 1 saturated heterocycles. The standard InChI is InChI=1S/C19H18F4N6O2/c20-13-4-1-3-12(9-13)16-25-17(31-27-16)18(19(21,22)23)7-8-29(11-18)15(30)6-2-5-14-10-24-28-26-14/h1,3-4,9-10H,2,5-8,11H2,(H,24,26,28). The molecule has 3 heterocycles. The molecule has 164 valence electrons. The fraction of sp³-hybridized carbons (Fsp3) is 0.421. The Morgan fingerprint density at radius 1 is 1.32 bits per heavy atom. The van der Waals surface area contributed by atoms with Gasteiger partial charge in [-0.2, -0.15) is 33.6 Å². The number of carbonyl (C=O) groups excluding carboxylic acids is 1. The predicted molar refractivity (Wildman–Crippen MR) is 97.9 cm³/mol. The molecule has 1 fully saturated rings. The van der Waals surface area contributed by atoms with Crippen molar-refractivity contribution >= 4 is 5.91 Å². The number of amides is 1. The van der Waals surface area contributed by atoms with Gasteiger partial charge in [0.15, 0.2) is 5.41 Å². The topological polar surface area (TPSA) is 101 Å². The number of aryl methyl sites for hydroxylation is 1. The lowest BCUT2D eigenvalue weighted by Crippen LogP contribution is -2.46. The number of hydrogen-bond donors (Lipinski definition) is 1. The Morgan fingerprint density at radius 3 is 2.87 bits per heavy atom. The van der Waals surface area contributed by atoms with Gasteiger partial charge in [0.2, 0.25) is 17.6 Å². The summed E-state index contributed by atoms with van der Waals surface area (Å²) in [5.74, 6) is -1.73. The highest BCUT2D eigenvalue weighted by molar-refractivity contribution is 5.76. The monoisotopic (exact) mass is 438 g/mol. The van der Waals surface area contributed by atoms with E-state index >= 15 is 0 Å². The number of rotatable bonds is 6. The summed E-state index contributed by atoms with van der Waals surface area (Å²) in [5, 5.41) is 13.6. The van der Waals surface area contributed by atoms with Gasteiger partial charge in [-0.3, -0.25) is 4.79 Å². The first-order valence-electron chi connectivity index (χ1n) is 9.58. The first kappa shape index (κ1) is 20.9. The van der Waals surface area contributed by atoms with Gasteiger partial charge in [-0.25, -0.2) is 4.39 Å². The summed E-state index contributed by atoms with van der Waals surface area (Å²) in [6.45, 7) is -0.690. The molecular formula is C19H18F4N6O2. The minimum atomic E-state index is -4.71. The van der Waals surface area contributed by atoms with Crippen LogP contribution in [-0.4, -0.2) is 55.6 Å². The van der Waals surface area contributed by atoms with Crippen molar-refractivity contribution in [1.82, 2.24) is 30.5 Å². The molecule has 0 aliphatic carbocycles. The molecule has 1 atom stereocenters. The van der Waals surface area contributed by atoms with E-state index in [9.17, 15) is 22.4 Å². The summed E-state index contributed by atoms with van der Waals surface area (Å²) in [5.41, 5.74) is -1.59. The SMILES string of the molecule is O=C(CCCc1cn[nH]n1)N1CCC(c2nc(-c3cccc(F)c3)no2)(C(F)(F)F)C1. The molecule has 12 heteroatoms. The smallest absolute Gasteiger partial charge is 0.341 e. The minimum Gasteiger partial charge on any atom is -0.341 e. The van der Waals surface area contributed by atoms with Gasteiger partial charge < -0.3 is 9.42 Å². The summed E-state index contributed by atoms with van der Waals surface area (Å²) in [4.78, 5) is 17.6. The van der Waals surface area contributed by atoms with E-state index in [1.807, 2.05) is 0 Å². The second kappa shape index (κ2) is 8.08. The molecule has 1 aliphatic rings. The van der Waals surface area contributed by atoms with Crippen molar-refractivity contribution in [3.05, 3.63) is 47.9 Å². The van der Waals surface area contributed by atoms with Gasteiger partial charge >= 0.3 is 6.18 Å². The number of aromatic amines is 1. The van der Waals surface area contributed by atoms with Crippen LogP contribution < -0.4 is 0 Å². The highest BCUT2D eigenvalue weighted by Crippen LogP contribution is 2.47. The third kappa shape index (κ3) is 4.14. The zero-order valence-corrected chi connectivity index (χ0v) is 16.2. The van der Waals surface area contributed by atoms with Crippen LogP contribution in [0.5, 0.6) is 0 Å². The van der Waals surface area contributed by atoms with Gasteiger partial charge in [0, 0.05) is 25.1 Å². The number of carbonyl (C=O) groups is 1. The Hall–Kier alpha value is -3.31. The molecule has 31 heavy (non-hydrogen) atoms. The van der Waals surface area contributed by atoms with E-state index in [0.29, 0.717) is 18.5 Å². The van der Waals surface area contributed by atoms with E-state index in [2.05, 4.69) is 25.6 Å². The lowest BCUT2D eigenvalue weighted by atomic mass is 9.86. The van der Waals surface area contributed by atoms with Gasteiger partial charge in [-0.05, 0) is 31.4 Å². The Kier molecular flexibility index (Phi) is 5.46. The molecule has 1 unspecified atom stereocenters. The van der Waals surface area contributed by atoms with E-state index in [-0.39, 0.29) is 30.3 Å². The highest BCUT2D eigenvalue weighted by atomic mass is 19.4. The van der Waals surface area contributed by atoms with Crippen LogP contribution in [0.15, 0.2) is 35.0 Å². The number of alkyl halides is 3. The van der Waals surface area contributed by atoms with Crippen molar-refractivity contribution in [3.63, 3.8) is 0 Å². The highest BCUT2D eigenvalue weighted by Gasteiger charge is 2.63. The van der Waals surface area contributed by atoms with E-state index in [4.69, 9.17) is 4.52 Å². The maximum atomic E-state index is 14.1. The number of nitrogens with one attached hydrogen (secondary N) is 1. The van der Waals surface area contributed by atoms with Crippen LogP contribution in [0.3, 0.4) is 0 Å². The Bertz CT molecular complexity index is 1050. The van der Waals surface area contributed by atoms with Crippen LogP contribution in [0.1, 0.15) is 30.8 Å². The van der Waals surface area contributed by atoms with Crippen LogP contribution in [-0.2, 0) is 16.6 Å². The van der Waals surface area contributed by atoms with Gasteiger partial charge in [0.05, 0.1) is 11.9 Å². The van der Waals surface area contributed by atoms with Crippen molar-refractivity contribution < 1.29 is 26.9 Å². The van der Waals surface area contributed by atoms with E-state index in [0.717, 1.165) is 6.07 Å². The Balaban J connectivity index is 1.50. The van der Waals surface area contributed by atoms with Crippen molar-refractivity contribution in [2.75, 3.05) is 13.1 Å². The molecule has 3 aromatic rings. The Labute approximate surface area is 173 Å². The number of benzene rings is 1. The van der Waals surface area contributed by atoms with E-state index in [1.54, 1.807) is 0 Å². The normalized spacial score (nSPS) is 19.2. The number of halogens is 4. The molecule has 0 saturated carbocycles. The number of hydrogen-bond acceptors (Lipinski definition) is 6. The zero-order chi connectivity index (χ0) is 22.1. The third-order valence-electron chi connectivity index (χ3n) is 5.37. The molecule has 1 aliphatic heterocycles. The fourth-order valence-electron chi connectivity index (χ4n) is 3.64. The fourth-order valence-corrected chi connectivity index (χ4v) is 3.64. The van der Waals surface area contributed by atoms with Crippen molar-refractivity contribution in [2.45, 2.75) is 37.3 Å².